The number of fused-ring (bicyclic) bond motifs is 1. The number of benzene rings is 1. The van der Waals surface area contributed by atoms with Crippen LogP contribution in [-0.2, 0) is 16.0 Å². The van der Waals surface area contributed by atoms with Crippen LogP contribution >= 0.6 is 0 Å². The smallest absolute Gasteiger partial charge is 0.245 e. The molecule has 0 saturated carbocycles. The minimum atomic E-state index is -0.258. The van der Waals surface area contributed by atoms with E-state index in [0.29, 0.717) is 13.0 Å². The molecule has 5 heteroatoms. The fourth-order valence-corrected chi connectivity index (χ4v) is 1.88. The van der Waals surface area contributed by atoms with Crippen molar-refractivity contribution in [3.05, 3.63) is 35.8 Å². The Morgan fingerprint density at radius 1 is 1.50 bits per heavy atom. The summed E-state index contributed by atoms with van der Waals surface area (Å²) in [5.74, 6) is -0.407. The second kappa shape index (κ2) is 5.64. The minimum absolute atomic E-state index is 0.0580. The van der Waals surface area contributed by atoms with Crippen LogP contribution in [0.3, 0.4) is 0 Å². The summed E-state index contributed by atoms with van der Waals surface area (Å²) in [6, 6.07) is 4.62. The third-order valence-corrected chi connectivity index (χ3v) is 2.72. The molecule has 4 nitrogen and oxygen atoms in total. The number of methoxy groups -OCH3 is 1. The molecule has 1 aromatic heterocycles. The fraction of sp³-hybridized carbons (Fsp3) is 0.308. The summed E-state index contributed by atoms with van der Waals surface area (Å²) in [6.45, 7) is 0.564. The predicted octanol–water partition coefficient (Wildman–Crippen LogP) is 1.61. The Morgan fingerprint density at radius 3 is 3.11 bits per heavy atom. The number of aromatic amines is 1. The first-order valence-electron chi connectivity index (χ1n) is 5.72. The number of rotatable bonds is 5. The Balaban J connectivity index is 1.99. The molecule has 1 amide bonds. The van der Waals surface area contributed by atoms with Gasteiger partial charge in [-0.3, -0.25) is 4.79 Å². The van der Waals surface area contributed by atoms with Gasteiger partial charge in [-0.2, -0.15) is 0 Å². The summed E-state index contributed by atoms with van der Waals surface area (Å²) in [5, 5.41) is 3.59. The number of H-pyrrole nitrogens is 1. The van der Waals surface area contributed by atoms with Gasteiger partial charge in [0.2, 0.25) is 5.91 Å². The van der Waals surface area contributed by atoms with E-state index in [0.717, 1.165) is 16.5 Å². The molecule has 0 spiro atoms. The largest absolute Gasteiger partial charge is 0.375 e. The number of carbonyl (C=O) groups is 1. The lowest BCUT2D eigenvalue weighted by Gasteiger charge is -2.03. The highest BCUT2D eigenvalue weighted by Crippen LogP contribution is 2.19. The molecular weight excluding hydrogens is 235 g/mol. The molecule has 0 aliphatic rings. The zero-order valence-corrected chi connectivity index (χ0v) is 10.1. The number of halogens is 1. The molecule has 2 N–H and O–H groups in total. The zero-order chi connectivity index (χ0) is 13.0. The van der Waals surface area contributed by atoms with Crippen molar-refractivity contribution in [1.82, 2.24) is 10.3 Å². The molecule has 0 bridgehead atoms. The van der Waals surface area contributed by atoms with Gasteiger partial charge in [-0.25, -0.2) is 4.39 Å². The molecule has 0 unspecified atom stereocenters. The Morgan fingerprint density at radius 2 is 2.33 bits per heavy atom. The lowest BCUT2D eigenvalue weighted by molar-refractivity contribution is -0.124. The molecule has 1 aromatic carbocycles. The molecule has 0 aliphatic carbocycles. The summed E-state index contributed by atoms with van der Waals surface area (Å²) in [6.07, 6.45) is 2.49. The van der Waals surface area contributed by atoms with E-state index in [-0.39, 0.29) is 18.3 Å². The van der Waals surface area contributed by atoms with Crippen LogP contribution in [0.4, 0.5) is 4.39 Å². The molecule has 2 aromatic rings. The van der Waals surface area contributed by atoms with Gasteiger partial charge in [-0.15, -0.1) is 0 Å². The number of carbonyl (C=O) groups excluding carboxylic acids is 1. The third-order valence-electron chi connectivity index (χ3n) is 2.72. The number of aromatic nitrogens is 1. The van der Waals surface area contributed by atoms with Crippen LogP contribution in [0.25, 0.3) is 10.9 Å². The number of hydrogen-bond donors (Lipinski definition) is 2. The molecule has 0 atom stereocenters. The van der Waals surface area contributed by atoms with E-state index in [4.69, 9.17) is 4.74 Å². The first-order chi connectivity index (χ1) is 8.70. The lowest BCUT2D eigenvalue weighted by atomic mass is 10.1. The fourth-order valence-electron chi connectivity index (χ4n) is 1.88. The van der Waals surface area contributed by atoms with E-state index in [9.17, 15) is 9.18 Å². The van der Waals surface area contributed by atoms with E-state index in [2.05, 4.69) is 10.3 Å². The van der Waals surface area contributed by atoms with Gasteiger partial charge in [0.1, 0.15) is 12.4 Å². The first-order valence-corrected chi connectivity index (χ1v) is 5.72. The number of amides is 1. The van der Waals surface area contributed by atoms with Crippen molar-refractivity contribution < 1.29 is 13.9 Å². The lowest BCUT2D eigenvalue weighted by Crippen LogP contribution is -2.28. The van der Waals surface area contributed by atoms with Crippen LogP contribution in [0.5, 0.6) is 0 Å². The van der Waals surface area contributed by atoms with Crippen molar-refractivity contribution in [2.75, 3.05) is 20.3 Å². The van der Waals surface area contributed by atoms with Gasteiger partial charge in [0.15, 0.2) is 0 Å². The second-order valence-corrected chi connectivity index (χ2v) is 4.04. The molecular formula is C13H15FN2O2. The monoisotopic (exact) mass is 250 g/mol. The van der Waals surface area contributed by atoms with Crippen LogP contribution in [0, 0.1) is 5.82 Å². The molecule has 0 fully saturated rings. The van der Waals surface area contributed by atoms with E-state index in [1.165, 1.54) is 19.2 Å². The number of ether oxygens (including phenoxy) is 1. The highest BCUT2D eigenvalue weighted by molar-refractivity contribution is 5.83. The molecule has 96 valence electrons. The maximum Gasteiger partial charge on any atom is 0.245 e. The quantitative estimate of drug-likeness (QED) is 0.847. The Bertz CT molecular complexity index is 551. The average Bonchev–Trinajstić information content (AvgIpc) is 2.72. The van der Waals surface area contributed by atoms with Crippen LogP contribution in [0.2, 0.25) is 0 Å². The SMILES string of the molecule is COCC(=O)NCCc1c[nH]c2ccc(F)cc12. The van der Waals surface area contributed by atoms with E-state index >= 15 is 0 Å². The highest BCUT2D eigenvalue weighted by Gasteiger charge is 2.05. The van der Waals surface area contributed by atoms with E-state index < -0.39 is 0 Å². The number of hydrogen-bond acceptors (Lipinski definition) is 2. The normalized spacial score (nSPS) is 10.8. The van der Waals surface area contributed by atoms with Crippen molar-refractivity contribution in [2.45, 2.75) is 6.42 Å². The highest BCUT2D eigenvalue weighted by atomic mass is 19.1. The van der Waals surface area contributed by atoms with Gasteiger partial charge in [0.05, 0.1) is 0 Å². The van der Waals surface area contributed by atoms with E-state index in [1.807, 2.05) is 6.20 Å². The molecule has 18 heavy (non-hydrogen) atoms. The molecule has 2 rings (SSSR count). The van der Waals surface area contributed by atoms with Crippen molar-refractivity contribution in [1.29, 1.82) is 0 Å². The van der Waals surface area contributed by atoms with Crippen LogP contribution in [-0.4, -0.2) is 31.2 Å². The van der Waals surface area contributed by atoms with Crippen LogP contribution in [0.15, 0.2) is 24.4 Å². The summed E-state index contributed by atoms with van der Waals surface area (Å²) in [5.41, 5.74) is 1.89. The van der Waals surface area contributed by atoms with Crippen LogP contribution in [0.1, 0.15) is 5.56 Å². The zero-order valence-electron chi connectivity index (χ0n) is 10.1. The number of nitrogens with one attached hydrogen (secondary N) is 2. The van der Waals surface area contributed by atoms with Crippen molar-refractivity contribution in [2.24, 2.45) is 0 Å². The van der Waals surface area contributed by atoms with Gasteiger partial charge in [-0.1, -0.05) is 0 Å². The summed E-state index contributed by atoms with van der Waals surface area (Å²) < 4.78 is 17.9. The first kappa shape index (κ1) is 12.6. The Labute approximate surface area is 104 Å². The topological polar surface area (TPSA) is 54.1 Å². The van der Waals surface area contributed by atoms with Crippen molar-refractivity contribution in [3.8, 4) is 0 Å². The van der Waals surface area contributed by atoms with Gasteiger partial charge < -0.3 is 15.0 Å². The van der Waals surface area contributed by atoms with Gasteiger partial charge >= 0.3 is 0 Å². The molecule has 0 saturated heterocycles. The minimum Gasteiger partial charge on any atom is -0.375 e. The van der Waals surface area contributed by atoms with Crippen LogP contribution < -0.4 is 5.32 Å². The summed E-state index contributed by atoms with van der Waals surface area (Å²) in [4.78, 5) is 14.3. The maximum atomic E-state index is 13.1. The molecule has 0 radical (unpaired) electrons. The molecule has 0 aliphatic heterocycles. The molecule has 1 heterocycles. The van der Waals surface area contributed by atoms with Gasteiger partial charge in [0, 0.05) is 30.8 Å². The maximum absolute atomic E-state index is 13.1. The van der Waals surface area contributed by atoms with E-state index in [1.54, 1.807) is 6.07 Å². The standard InChI is InChI=1S/C13H15FN2O2/c1-18-8-13(17)15-5-4-9-7-16-12-3-2-10(14)6-11(9)12/h2-3,6-7,16H,4-5,8H2,1H3,(H,15,17). The third kappa shape index (κ3) is 2.87. The second-order valence-electron chi connectivity index (χ2n) is 4.04. The van der Waals surface area contributed by atoms with Gasteiger partial charge in [-0.05, 0) is 30.2 Å². The van der Waals surface area contributed by atoms with Crippen molar-refractivity contribution in [3.63, 3.8) is 0 Å². The van der Waals surface area contributed by atoms with Crippen molar-refractivity contribution >= 4 is 16.8 Å². The Hall–Kier alpha value is -1.88. The average molecular weight is 250 g/mol. The summed E-state index contributed by atoms with van der Waals surface area (Å²) >= 11 is 0. The predicted molar refractivity (Wildman–Crippen MR) is 66.8 cm³/mol. The summed E-state index contributed by atoms with van der Waals surface area (Å²) in [7, 11) is 1.47. The van der Waals surface area contributed by atoms with Gasteiger partial charge in [0.25, 0.3) is 0 Å². The Kier molecular flexibility index (Phi) is 3.94.